The van der Waals surface area contributed by atoms with E-state index in [9.17, 15) is 0 Å². The van der Waals surface area contributed by atoms with Crippen molar-refractivity contribution in [2.75, 3.05) is 20.2 Å². The van der Waals surface area contributed by atoms with Crippen LogP contribution in [0.5, 0.6) is 5.75 Å². The molecule has 0 saturated carbocycles. The maximum absolute atomic E-state index is 8.89. The smallest absolute Gasteiger partial charge is 0.119 e. The summed E-state index contributed by atoms with van der Waals surface area (Å²) >= 11 is 3.58. The van der Waals surface area contributed by atoms with Crippen LogP contribution < -0.4 is 4.74 Å². The molecule has 1 saturated heterocycles. The highest BCUT2D eigenvalue weighted by atomic mass is 79.9. The number of halogens is 1. The Labute approximate surface area is 116 Å². The highest BCUT2D eigenvalue weighted by Crippen LogP contribution is 2.25. The molecule has 0 aromatic heterocycles. The molecule has 0 N–H and O–H groups in total. The molecule has 0 spiro atoms. The van der Waals surface area contributed by atoms with Crippen LogP contribution in [0.1, 0.15) is 18.4 Å². The summed E-state index contributed by atoms with van der Waals surface area (Å²) in [5, 5.41) is 8.89. The van der Waals surface area contributed by atoms with E-state index in [1.165, 1.54) is 5.56 Å². The average Bonchev–Trinajstić information content (AvgIpc) is 2.42. The molecule has 3 nitrogen and oxygen atoms in total. The Morgan fingerprint density at radius 2 is 2.17 bits per heavy atom. The van der Waals surface area contributed by atoms with Gasteiger partial charge in [-0.15, -0.1) is 0 Å². The molecular formula is C14H17BrN2O. The lowest BCUT2D eigenvalue weighted by Crippen LogP contribution is -2.32. The van der Waals surface area contributed by atoms with Gasteiger partial charge in [0.05, 0.1) is 13.2 Å². The second-order valence-corrected chi connectivity index (χ2v) is 5.49. The number of hydrogen-bond acceptors (Lipinski definition) is 3. The van der Waals surface area contributed by atoms with Gasteiger partial charge in [-0.25, -0.2) is 0 Å². The summed E-state index contributed by atoms with van der Waals surface area (Å²) in [5.41, 5.74) is 1.24. The first-order valence-corrected chi connectivity index (χ1v) is 6.96. The monoisotopic (exact) mass is 308 g/mol. The molecule has 0 aliphatic carbocycles. The van der Waals surface area contributed by atoms with Crippen LogP contribution in [-0.2, 0) is 6.54 Å². The molecule has 1 heterocycles. The Hall–Kier alpha value is -1.05. The van der Waals surface area contributed by atoms with Gasteiger partial charge in [0.25, 0.3) is 0 Å². The van der Waals surface area contributed by atoms with Gasteiger partial charge >= 0.3 is 0 Å². The van der Waals surface area contributed by atoms with Crippen molar-refractivity contribution in [1.29, 1.82) is 5.26 Å². The lowest BCUT2D eigenvalue weighted by Gasteiger charge is -2.29. The fraction of sp³-hybridized carbons (Fsp3) is 0.500. The Morgan fingerprint density at radius 3 is 2.78 bits per heavy atom. The number of benzene rings is 1. The highest BCUT2D eigenvalue weighted by Gasteiger charge is 2.19. The van der Waals surface area contributed by atoms with Crippen molar-refractivity contribution < 1.29 is 4.74 Å². The number of nitrogens with zero attached hydrogens (tertiary/aromatic N) is 2. The number of likely N-dealkylation sites (tertiary alicyclic amines) is 1. The van der Waals surface area contributed by atoms with Crippen molar-refractivity contribution in [2.45, 2.75) is 19.4 Å². The minimum Gasteiger partial charge on any atom is -0.497 e. The predicted molar refractivity (Wildman–Crippen MR) is 74.3 cm³/mol. The van der Waals surface area contributed by atoms with Crippen LogP contribution in [0.4, 0.5) is 0 Å². The van der Waals surface area contributed by atoms with E-state index in [4.69, 9.17) is 10.00 Å². The van der Waals surface area contributed by atoms with E-state index in [0.29, 0.717) is 0 Å². The van der Waals surface area contributed by atoms with Crippen molar-refractivity contribution in [3.8, 4) is 11.8 Å². The van der Waals surface area contributed by atoms with Gasteiger partial charge in [-0.1, -0.05) is 15.9 Å². The van der Waals surface area contributed by atoms with E-state index >= 15 is 0 Å². The third-order valence-corrected chi connectivity index (χ3v) is 4.19. The molecule has 2 rings (SSSR count). The molecule has 0 atom stereocenters. The predicted octanol–water partition coefficient (Wildman–Crippen LogP) is 3.19. The van der Waals surface area contributed by atoms with E-state index in [0.717, 1.165) is 42.7 Å². The number of rotatable bonds is 3. The molecule has 0 unspecified atom stereocenters. The molecule has 1 fully saturated rings. The largest absolute Gasteiger partial charge is 0.497 e. The quantitative estimate of drug-likeness (QED) is 0.860. The lowest BCUT2D eigenvalue weighted by atomic mass is 9.98. The number of piperidine rings is 1. The lowest BCUT2D eigenvalue weighted by molar-refractivity contribution is 0.197. The molecule has 1 aliphatic heterocycles. The van der Waals surface area contributed by atoms with Crippen LogP contribution >= 0.6 is 15.9 Å². The Bertz CT molecular complexity index is 448. The first kappa shape index (κ1) is 13.4. The molecule has 96 valence electrons. The minimum absolute atomic E-state index is 0.245. The maximum atomic E-state index is 8.89. The van der Waals surface area contributed by atoms with E-state index < -0.39 is 0 Å². The Morgan fingerprint density at radius 1 is 1.44 bits per heavy atom. The molecule has 1 aliphatic rings. The topological polar surface area (TPSA) is 36.3 Å². The van der Waals surface area contributed by atoms with Gasteiger partial charge in [-0.05, 0) is 49.7 Å². The second-order valence-electron chi connectivity index (χ2n) is 4.64. The molecule has 18 heavy (non-hydrogen) atoms. The van der Waals surface area contributed by atoms with Crippen molar-refractivity contribution >= 4 is 15.9 Å². The summed E-state index contributed by atoms with van der Waals surface area (Å²) in [4.78, 5) is 2.40. The van der Waals surface area contributed by atoms with Crippen LogP contribution in [0.25, 0.3) is 0 Å². The van der Waals surface area contributed by atoms with Gasteiger partial charge in [-0.2, -0.15) is 5.26 Å². The van der Waals surface area contributed by atoms with Crippen LogP contribution in [0.15, 0.2) is 22.7 Å². The van der Waals surface area contributed by atoms with Crippen molar-refractivity contribution in [2.24, 2.45) is 5.92 Å². The summed E-state index contributed by atoms with van der Waals surface area (Å²) in [7, 11) is 1.69. The van der Waals surface area contributed by atoms with Crippen molar-refractivity contribution in [3.63, 3.8) is 0 Å². The summed E-state index contributed by atoms with van der Waals surface area (Å²) in [6.45, 7) is 2.92. The molecule has 0 amide bonds. The number of ether oxygens (including phenoxy) is 1. The SMILES string of the molecule is COc1ccc(Br)c(CN2CCC(C#N)CC2)c1. The van der Waals surface area contributed by atoms with Crippen molar-refractivity contribution in [1.82, 2.24) is 4.90 Å². The molecule has 0 radical (unpaired) electrons. The van der Waals surface area contributed by atoms with E-state index in [-0.39, 0.29) is 5.92 Å². The summed E-state index contributed by atoms with van der Waals surface area (Å²) in [6, 6.07) is 8.41. The Kier molecular flexibility index (Phi) is 4.62. The maximum Gasteiger partial charge on any atom is 0.119 e. The molecular weight excluding hydrogens is 292 g/mol. The molecule has 0 bridgehead atoms. The van der Waals surface area contributed by atoms with Gasteiger partial charge in [0, 0.05) is 16.9 Å². The highest BCUT2D eigenvalue weighted by molar-refractivity contribution is 9.10. The van der Waals surface area contributed by atoms with E-state index in [1.807, 2.05) is 12.1 Å². The molecule has 1 aromatic rings. The molecule has 4 heteroatoms. The number of hydrogen-bond donors (Lipinski definition) is 0. The Balaban J connectivity index is 2.00. The zero-order chi connectivity index (χ0) is 13.0. The normalized spacial score (nSPS) is 17.4. The first-order valence-electron chi connectivity index (χ1n) is 6.17. The molecule has 1 aromatic carbocycles. The zero-order valence-electron chi connectivity index (χ0n) is 10.5. The van der Waals surface area contributed by atoms with Gasteiger partial charge in [-0.3, -0.25) is 4.90 Å². The standard InChI is InChI=1S/C14H17BrN2O/c1-18-13-2-3-14(15)12(8-13)10-17-6-4-11(9-16)5-7-17/h2-3,8,11H,4-7,10H2,1H3. The second kappa shape index (κ2) is 6.21. The third kappa shape index (κ3) is 3.24. The summed E-state index contributed by atoms with van der Waals surface area (Å²) in [5.74, 6) is 1.13. The zero-order valence-corrected chi connectivity index (χ0v) is 12.1. The summed E-state index contributed by atoms with van der Waals surface area (Å²) < 4.78 is 6.37. The average molecular weight is 309 g/mol. The fourth-order valence-electron chi connectivity index (χ4n) is 2.26. The van der Waals surface area contributed by atoms with Gasteiger partial charge in [0.2, 0.25) is 0 Å². The number of methoxy groups -OCH3 is 1. The van der Waals surface area contributed by atoms with Crippen LogP contribution in [0.3, 0.4) is 0 Å². The number of nitriles is 1. The van der Waals surface area contributed by atoms with Crippen LogP contribution in [0, 0.1) is 17.2 Å². The van der Waals surface area contributed by atoms with E-state index in [2.05, 4.69) is 33.0 Å². The van der Waals surface area contributed by atoms with Crippen LogP contribution in [0.2, 0.25) is 0 Å². The van der Waals surface area contributed by atoms with Gasteiger partial charge < -0.3 is 4.74 Å². The first-order chi connectivity index (χ1) is 8.72. The van der Waals surface area contributed by atoms with Crippen molar-refractivity contribution in [3.05, 3.63) is 28.2 Å². The van der Waals surface area contributed by atoms with Crippen LogP contribution in [-0.4, -0.2) is 25.1 Å². The van der Waals surface area contributed by atoms with Gasteiger partial charge in [0.1, 0.15) is 5.75 Å². The summed E-state index contributed by atoms with van der Waals surface area (Å²) in [6.07, 6.45) is 1.97. The minimum atomic E-state index is 0.245. The third-order valence-electron chi connectivity index (χ3n) is 3.42. The van der Waals surface area contributed by atoms with E-state index in [1.54, 1.807) is 7.11 Å². The fourth-order valence-corrected chi connectivity index (χ4v) is 2.63. The van der Waals surface area contributed by atoms with Gasteiger partial charge in [0.15, 0.2) is 0 Å².